The molecule has 2 atom stereocenters. The first-order valence-corrected chi connectivity index (χ1v) is 7.39. The molecule has 1 aromatic carbocycles. The average Bonchev–Trinajstić information content (AvgIpc) is 2.43. The van der Waals surface area contributed by atoms with Crippen molar-refractivity contribution < 1.29 is 4.74 Å². The quantitative estimate of drug-likeness (QED) is 0.823. The maximum atomic E-state index is 6.06. The SMILES string of the molecule is C#CCC(NCCC)C1CSc2ccccc2O1. The lowest BCUT2D eigenvalue weighted by molar-refractivity contribution is 0.167. The molecule has 2 nitrogen and oxygen atoms in total. The molecule has 0 amide bonds. The highest BCUT2D eigenvalue weighted by Gasteiger charge is 2.27. The Morgan fingerprint density at radius 3 is 3.17 bits per heavy atom. The van der Waals surface area contributed by atoms with Crippen LogP contribution in [0.3, 0.4) is 0 Å². The normalized spacial score (nSPS) is 19.4. The summed E-state index contributed by atoms with van der Waals surface area (Å²) in [6, 6.07) is 8.43. The highest BCUT2D eigenvalue weighted by Crippen LogP contribution is 2.35. The zero-order chi connectivity index (χ0) is 12.8. The average molecular weight is 261 g/mol. The Hall–Kier alpha value is -1.11. The lowest BCUT2D eigenvalue weighted by atomic mass is 10.1. The number of fused-ring (bicyclic) bond motifs is 1. The zero-order valence-corrected chi connectivity index (χ0v) is 11.5. The van der Waals surface area contributed by atoms with Crippen LogP contribution in [0.1, 0.15) is 19.8 Å². The molecule has 96 valence electrons. The van der Waals surface area contributed by atoms with Crippen molar-refractivity contribution in [2.24, 2.45) is 0 Å². The van der Waals surface area contributed by atoms with Crippen LogP contribution in [0.5, 0.6) is 5.75 Å². The first-order valence-electron chi connectivity index (χ1n) is 6.40. The van der Waals surface area contributed by atoms with Crippen molar-refractivity contribution in [2.75, 3.05) is 12.3 Å². The van der Waals surface area contributed by atoms with E-state index in [0.29, 0.717) is 6.42 Å². The minimum atomic E-state index is 0.160. The van der Waals surface area contributed by atoms with Gasteiger partial charge in [-0.05, 0) is 25.1 Å². The second kappa shape index (κ2) is 6.72. The van der Waals surface area contributed by atoms with Crippen molar-refractivity contribution >= 4 is 11.8 Å². The van der Waals surface area contributed by atoms with Crippen molar-refractivity contribution in [1.82, 2.24) is 5.32 Å². The summed E-state index contributed by atoms with van der Waals surface area (Å²) in [6.45, 7) is 3.14. The van der Waals surface area contributed by atoms with Gasteiger partial charge < -0.3 is 10.1 Å². The Labute approximate surface area is 113 Å². The van der Waals surface area contributed by atoms with E-state index in [4.69, 9.17) is 11.2 Å². The molecule has 2 rings (SSSR count). The summed E-state index contributed by atoms with van der Waals surface area (Å²) in [5, 5.41) is 3.49. The van der Waals surface area contributed by atoms with Crippen LogP contribution in [-0.4, -0.2) is 24.4 Å². The summed E-state index contributed by atoms with van der Waals surface area (Å²) >= 11 is 1.85. The molecule has 0 spiro atoms. The Balaban J connectivity index is 2.03. The molecule has 2 unspecified atom stereocenters. The number of ether oxygens (including phenoxy) is 1. The van der Waals surface area contributed by atoms with Gasteiger partial charge in [-0.1, -0.05) is 19.1 Å². The third kappa shape index (κ3) is 3.22. The van der Waals surface area contributed by atoms with E-state index in [1.807, 2.05) is 30.0 Å². The van der Waals surface area contributed by atoms with Crippen molar-refractivity contribution in [2.45, 2.75) is 36.8 Å². The predicted octanol–water partition coefficient (Wildman–Crippen LogP) is 2.93. The van der Waals surface area contributed by atoms with Crippen LogP contribution in [0.2, 0.25) is 0 Å². The number of rotatable bonds is 5. The molecule has 1 heterocycles. The predicted molar refractivity (Wildman–Crippen MR) is 77.1 cm³/mol. The molecule has 1 N–H and O–H groups in total. The fourth-order valence-corrected chi connectivity index (χ4v) is 3.10. The maximum Gasteiger partial charge on any atom is 0.133 e. The Bertz CT molecular complexity index is 427. The molecule has 0 aliphatic carbocycles. The molecule has 1 aliphatic rings. The summed E-state index contributed by atoms with van der Waals surface area (Å²) in [4.78, 5) is 1.23. The molecular weight excluding hydrogens is 242 g/mol. The highest BCUT2D eigenvalue weighted by molar-refractivity contribution is 7.99. The van der Waals surface area contributed by atoms with Crippen LogP contribution in [0.25, 0.3) is 0 Å². The van der Waals surface area contributed by atoms with Gasteiger partial charge in [-0.15, -0.1) is 24.1 Å². The highest BCUT2D eigenvalue weighted by atomic mass is 32.2. The topological polar surface area (TPSA) is 21.3 Å². The van der Waals surface area contributed by atoms with E-state index in [9.17, 15) is 0 Å². The van der Waals surface area contributed by atoms with E-state index in [2.05, 4.69) is 24.2 Å². The monoisotopic (exact) mass is 261 g/mol. The molecule has 0 radical (unpaired) electrons. The van der Waals surface area contributed by atoms with Crippen molar-refractivity contribution in [3.63, 3.8) is 0 Å². The van der Waals surface area contributed by atoms with Gasteiger partial charge in [0.1, 0.15) is 11.9 Å². The lowest BCUT2D eigenvalue weighted by Gasteiger charge is -2.31. The lowest BCUT2D eigenvalue weighted by Crippen LogP contribution is -2.45. The van der Waals surface area contributed by atoms with E-state index in [0.717, 1.165) is 24.5 Å². The number of benzene rings is 1. The molecule has 3 heteroatoms. The Morgan fingerprint density at radius 2 is 2.39 bits per heavy atom. The summed E-state index contributed by atoms with van der Waals surface area (Å²) in [5.74, 6) is 4.69. The molecule has 0 saturated carbocycles. The number of hydrogen-bond acceptors (Lipinski definition) is 3. The fraction of sp³-hybridized carbons (Fsp3) is 0.467. The molecule has 0 fully saturated rings. The van der Waals surface area contributed by atoms with Crippen LogP contribution in [0.15, 0.2) is 29.2 Å². The zero-order valence-electron chi connectivity index (χ0n) is 10.7. The molecule has 0 aromatic heterocycles. The largest absolute Gasteiger partial charge is 0.487 e. The maximum absolute atomic E-state index is 6.06. The van der Waals surface area contributed by atoms with E-state index in [1.54, 1.807) is 0 Å². The minimum Gasteiger partial charge on any atom is -0.487 e. The first-order chi connectivity index (χ1) is 8.85. The number of para-hydroxylation sites is 1. The van der Waals surface area contributed by atoms with Crippen molar-refractivity contribution in [3.8, 4) is 18.1 Å². The smallest absolute Gasteiger partial charge is 0.133 e. The second-order valence-electron chi connectivity index (χ2n) is 4.38. The van der Waals surface area contributed by atoms with Gasteiger partial charge in [0, 0.05) is 17.1 Å². The van der Waals surface area contributed by atoms with E-state index in [-0.39, 0.29) is 12.1 Å². The summed E-state index contributed by atoms with van der Waals surface area (Å²) in [5.41, 5.74) is 0. The number of thioether (sulfide) groups is 1. The van der Waals surface area contributed by atoms with Crippen LogP contribution in [0, 0.1) is 12.3 Å². The third-order valence-electron chi connectivity index (χ3n) is 2.97. The standard InChI is InChI=1S/C15H19NOS/c1-3-7-12(16-10-4-2)14-11-18-15-9-6-5-8-13(15)17-14/h1,5-6,8-9,12,14,16H,4,7,10-11H2,2H3. The van der Waals surface area contributed by atoms with Crippen LogP contribution in [-0.2, 0) is 0 Å². The minimum absolute atomic E-state index is 0.160. The van der Waals surface area contributed by atoms with E-state index in [1.165, 1.54) is 4.90 Å². The first kappa shape index (κ1) is 13.3. The van der Waals surface area contributed by atoms with Gasteiger partial charge >= 0.3 is 0 Å². The molecule has 0 saturated heterocycles. The van der Waals surface area contributed by atoms with Crippen LogP contribution >= 0.6 is 11.8 Å². The Morgan fingerprint density at radius 1 is 1.56 bits per heavy atom. The number of nitrogens with one attached hydrogen (secondary N) is 1. The van der Waals surface area contributed by atoms with E-state index >= 15 is 0 Å². The van der Waals surface area contributed by atoms with Gasteiger partial charge in [0.15, 0.2) is 0 Å². The molecule has 18 heavy (non-hydrogen) atoms. The fourth-order valence-electron chi connectivity index (χ4n) is 2.03. The van der Waals surface area contributed by atoms with Gasteiger partial charge in [0.25, 0.3) is 0 Å². The van der Waals surface area contributed by atoms with Gasteiger partial charge in [-0.2, -0.15) is 0 Å². The second-order valence-corrected chi connectivity index (χ2v) is 5.44. The van der Waals surface area contributed by atoms with E-state index < -0.39 is 0 Å². The molecule has 1 aromatic rings. The van der Waals surface area contributed by atoms with Gasteiger partial charge in [0.05, 0.1) is 6.04 Å². The summed E-state index contributed by atoms with van der Waals surface area (Å²) < 4.78 is 6.06. The van der Waals surface area contributed by atoms with Crippen molar-refractivity contribution in [1.29, 1.82) is 0 Å². The van der Waals surface area contributed by atoms with Gasteiger partial charge in [-0.25, -0.2) is 0 Å². The molecule has 1 aliphatic heterocycles. The molecular formula is C15H19NOS. The summed E-state index contributed by atoms with van der Waals surface area (Å²) in [7, 11) is 0. The third-order valence-corrected chi connectivity index (χ3v) is 4.12. The summed E-state index contributed by atoms with van der Waals surface area (Å²) in [6.07, 6.45) is 7.43. The van der Waals surface area contributed by atoms with Gasteiger partial charge in [-0.3, -0.25) is 0 Å². The van der Waals surface area contributed by atoms with Crippen molar-refractivity contribution in [3.05, 3.63) is 24.3 Å². The Kier molecular flexibility index (Phi) is 4.98. The number of hydrogen-bond donors (Lipinski definition) is 1. The molecule has 0 bridgehead atoms. The van der Waals surface area contributed by atoms with Crippen LogP contribution < -0.4 is 10.1 Å². The van der Waals surface area contributed by atoms with Crippen LogP contribution in [0.4, 0.5) is 0 Å². The van der Waals surface area contributed by atoms with Gasteiger partial charge in [0.2, 0.25) is 0 Å². The number of terminal acetylenes is 1.